The van der Waals surface area contributed by atoms with Gasteiger partial charge in [-0.25, -0.2) is 9.59 Å². The summed E-state index contributed by atoms with van der Waals surface area (Å²) in [5, 5.41) is 10.8. The van der Waals surface area contributed by atoms with E-state index in [4.69, 9.17) is 14.2 Å². The molecule has 0 unspecified atom stereocenters. The maximum absolute atomic E-state index is 11.8. The number of fused-ring (bicyclic) bond motifs is 2. The van der Waals surface area contributed by atoms with Crippen LogP contribution < -0.4 is 9.47 Å². The quantitative estimate of drug-likeness (QED) is 0.343. The van der Waals surface area contributed by atoms with Crippen LogP contribution in [0.5, 0.6) is 11.5 Å². The molecule has 0 spiro atoms. The van der Waals surface area contributed by atoms with Crippen molar-refractivity contribution in [2.75, 3.05) is 21.3 Å². The molecule has 0 aliphatic heterocycles. The van der Waals surface area contributed by atoms with Gasteiger partial charge in [0.2, 0.25) is 0 Å². The second kappa shape index (κ2) is 10.5. The summed E-state index contributed by atoms with van der Waals surface area (Å²) < 4.78 is 19.3. The predicted octanol–water partition coefficient (Wildman–Crippen LogP) is 5.95. The molecule has 0 amide bonds. The summed E-state index contributed by atoms with van der Waals surface area (Å²) in [5.41, 5.74) is 2.67. The zero-order valence-corrected chi connectivity index (χ0v) is 21.2. The number of aromatic nitrogens is 2. The zero-order valence-electron chi connectivity index (χ0n) is 21.2. The highest BCUT2D eigenvalue weighted by Gasteiger charge is 2.16. The van der Waals surface area contributed by atoms with Crippen molar-refractivity contribution in [3.8, 4) is 11.5 Å². The highest BCUT2D eigenvalue weighted by molar-refractivity contribution is 6.05. The molecule has 2 heterocycles. The fraction of sp³-hybridized carbons (Fsp3) is 0.333. The second-order valence-corrected chi connectivity index (χ2v) is 8.65. The third-order valence-corrected chi connectivity index (χ3v) is 5.84. The summed E-state index contributed by atoms with van der Waals surface area (Å²) in [6.45, 7) is 8.30. The van der Waals surface area contributed by atoms with E-state index in [9.17, 15) is 14.7 Å². The summed E-state index contributed by atoms with van der Waals surface area (Å²) in [6.07, 6.45) is 3.88. The van der Waals surface area contributed by atoms with E-state index in [1.165, 1.54) is 14.2 Å². The maximum Gasteiger partial charge on any atom is 0.338 e. The van der Waals surface area contributed by atoms with Gasteiger partial charge < -0.3 is 28.5 Å². The SMILES string of the molecule is COC(=O)c1cc(OC)cc2c1ccn2C(C)C.COc1cc(C(=O)O)c2ccn(C(C)C)c2c1. The van der Waals surface area contributed by atoms with Crippen molar-refractivity contribution < 1.29 is 28.9 Å². The van der Waals surface area contributed by atoms with Gasteiger partial charge in [0, 0.05) is 47.4 Å². The smallest absolute Gasteiger partial charge is 0.338 e. The fourth-order valence-electron chi connectivity index (χ4n) is 4.06. The molecular weight excluding hydrogens is 448 g/mol. The molecule has 0 saturated carbocycles. The molecule has 4 aromatic rings. The van der Waals surface area contributed by atoms with Gasteiger partial charge in [0.25, 0.3) is 0 Å². The summed E-state index contributed by atoms with van der Waals surface area (Å²) in [6, 6.07) is 11.4. The first-order valence-corrected chi connectivity index (χ1v) is 11.3. The minimum atomic E-state index is -0.935. The van der Waals surface area contributed by atoms with Crippen LogP contribution in [0.4, 0.5) is 0 Å². The zero-order chi connectivity index (χ0) is 25.9. The van der Waals surface area contributed by atoms with E-state index in [1.54, 1.807) is 19.2 Å². The summed E-state index contributed by atoms with van der Waals surface area (Å²) in [4.78, 5) is 23.0. The van der Waals surface area contributed by atoms with E-state index < -0.39 is 5.97 Å². The van der Waals surface area contributed by atoms with Crippen LogP contribution in [0.2, 0.25) is 0 Å². The van der Waals surface area contributed by atoms with Crippen LogP contribution in [0, 0.1) is 0 Å². The van der Waals surface area contributed by atoms with Crippen molar-refractivity contribution in [3.05, 3.63) is 59.9 Å². The van der Waals surface area contributed by atoms with Crippen molar-refractivity contribution in [2.45, 2.75) is 39.8 Å². The van der Waals surface area contributed by atoms with Crippen molar-refractivity contribution in [3.63, 3.8) is 0 Å². The van der Waals surface area contributed by atoms with E-state index in [-0.39, 0.29) is 17.6 Å². The monoisotopic (exact) mass is 480 g/mol. The minimum absolute atomic E-state index is 0.277. The van der Waals surface area contributed by atoms with E-state index in [1.807, 2.05) is 41.2 Å². The number of esters is 1. The first-order valence-electron chi connectivity index (χ1n) is 11.3. The number of carbonyl (C=O) groups excluding carboxylic acids is 1. The average Bonchev–Trinajstić information content (AvgIpc) is 3.46. The molecular formula is C27H32N2O6. The largest absolute Gasteiger partial charge is 0.497 e. The van der Waals surface area contributed by atoms with Gasteiger partial charge in [-0.2, -0.15) is 0 Å². The van der Waals surface area contributed by atoms with E-state index >= 15 is 0 Å². The number of nitrogens with zero attached hydrogens (tertiary/aromatic N) is 2. The van der Waals surface area contributed by atoms with Gasteiger partial charge in [0.1, 0.15) is 11.5 Å². The van der Waals surface area contributed by atoms with E-state index in [0.717, 1.165) is 21.8 Å². The molecule has 0 aliphatic rings. The Balaban J connectivity index is 0.000000196. The lowest BCUT2D eigenvalue weighted by Gasteiger charge is -2.11. The molecule has 35 heavy (non-hydrogen) atoms. The van der Waals surface area contributed by atoms with Crippen LogP contribution in [-0.2, 0) is 4.74 Å². The number of hydrogen-bond donors (Lipinski definition) is 1. The summed E-state index contributed by atoms with van der Waals surface area (Å²) >= 11 is 0. The molecule has 2 aromatic heterocycles. The van der Waals surface area contributed by atoms with Crippen molar-refractivity contribution >= 4 is 33.7 Å². The predicted molar refractivity (Wildman–Crippen MR) is 136 cm³/mol. The van der Waals surface area contributed by atoms with Crippen LogP contribution in [0.15, 0.2) is 48.8 Å². The van der Waals surface area contributed by atoms with Crippen molar-refractivity contribution in [2.24, 2.45) is 0 Å². The standard InChI is InChI=1S/C14H17NO3.C13H15NO3/c1-9(2)15-6-5-11-12(14(16)18-4)7-10(17-3)8-13(11)15;1-8(2)14-5-4-10-11(13(15)16)6-9(17-3)7-12(10)14/h5-9H,1-4H3;4-8H,1-3H3,(H,15,16). The number of rotatable bonds is 6. The lowest BCUT2D eigenvalue weighted by Crippen LogP contribution is -2.04. The second-order valence-electron chi connectivity index (χ2n) is 8.65. The molecule has 2 aromatic carbocycles. The number of benzene rings is 2. The van der Waals surface area contributed by atoms with Gasteiger partial charge in [-0.3, -0.25) is 0 Å². The maximum atomic E-state index is 11.8. The third-order valence-electron chi connectivity index (χ3n) is 5.84. The molecule has 1 N–H and O–H groups in total. The molecule has 186 valence electrons. The van der Waals surface area contributed by atoms with Crippen molar-refractivity contribution in [1.82, 2.24) is 9.13 Å². The number of hydrogen-bond acceptors (Lipinski definition) is 5. The first kappa shape index (κ1) is 25.7. The van der Waals surface area contributed by atoms with Gasteiger partial charge in [-0.05, 0) is 52.0 Å². The highest BCUT2D eigenvalue weighted by Crippen LogP contribution is 2.30. The Morgan fingerprint density at radius 1 is 0.743 bits per heavy atom. The average molecular weight is 481 g/mol. The third kappa shape index (κ3) is 5.11. The Labute approximate surface area is 204 Å². The molecule has 0 aliphatic carbocycles. The molecule has 8 nitrogen and oxygen atoms in total. The molecule has 0 radical (unpaired) electrons. The van der Waals surface area contributed by atoms with Gasteiger partial charge in [-0.1, -0.05) is 0 Å². The fourth-order valence-corrected chi connectivity index (χ4v) is 4.06. The molecule has 0 saturated heterocycles. The Morgan fingerprint density at radius 2 is 1.17 bits per heavy atom. The Hall–Kier alpha value is -3.94. The first-order chi connectivity index (χ1) is 16.6. The van der Waals surface area contributed by atoms with Crippen molar-refractivity contribution in [1.29, 1.82) is 0 Å². The Morgan fingerprint density at radius 3 is 1.54 bits per heavy atom. The summed E-state index contributed by atoms with van der Waals surface area (Å²) in [5.74, 6) is -0.0604. The molecule has 0 atom stereocenters. The van der Waals surface area contributed by atoms with E-state index in [2.05, 4.69) is 32.3 Å². The highest BCUT2D eigenvalue weighted by atomic mass is 16.5. The molecule has 8 heteroatoms. The Kier molecular flexibility index (Phi) is 7.74. The van der Waals surface area contributed by atoms with Crippen LogP contribution in [-0.4, -0.2) is 47.5 Å². The van der Waals surface area contributed by atoms with Crippen LogP contribution >= 0.6 is 0 Å². The lowest BCUT2D eigenvalue weighted by molar-refractivity contribution is 0.0601. The van der Waals surface area contributed by atoms with Gasteiger partial charge in [0.15, 0.2) is 0 Å². The number of carboxylic acid groups (broad SMARTS) is 1. The lowest BCUT2D eigenvalue weighted by atomic mass is 10.1. The van der Waals surface area contributed by atoms with Gasteiger partial charge >= 0.3 is 11.9 Å². The van der Waals surface area contributed by atoms with Gasteiger partial charge in [-0.15, -0.1) is 0 Å². The normalized spacial score (nSPS) is 11.0. The molecule has 0 bridgehead atoms. The topological polar surface area (TPSA) is 91.9 Å². The van der Waals surface area contributed by atoms with Gasteiger partial charge in [0.05, 0.1) is 43.5 Å². The molecule has 4 rings (SSSR count). The van der Waals surface area contributed by atoms with E-state index in [0.29, 0.717) is 23.1 Å². The van der Waals surface area contributed by atoms with Crippen LogP contribution in [0.25, 0.3) is 21.8 Å². The number of carboxylic acids is 1. The van der Waals surface area contributed by atoms with Crippen LogP contribution in [0.1, 0.15) is 60.5 Å². The Bertz CT molecular complexity index is 1360. The number of ether oxygens (including phenoxy) is 3. The number of methoxy groups -OCH3 is 3. The number of aromatic carboxylic acids is 1. The minimum Gasteiger partial charge on any atom is -0.497 e. The summed E-state index contributed by atoms with van der Waals surface area (Å²) in [7, 11) is 4.51. The number of carbonyl (C=O) groups is 2. The molecule has 0 fully saturated rings. The van der Waals surface area contributed by atoms with Crippen LogP contribution in [0.3, 0.4) is 0 Å².